The highest BCUT2D eigenvalue weighted by Gasteiger charge is 2.49. The van der Waals surface area contributed by atoms with Crippen molar-refractivity contribution < 1.29 is 30.6 Å². The van der Waals surface area contributed by atoms with Gasteiger partial charge in [0.15, 0.2) is 0 Å². The van der Waals surface area contributed by atoms with E-state index in [2.05, 4.69) is 10.8 Å². The van der Waals surface area contributed by atoms with Gasteiger partial charge in [0, 0.05) is 5.57 Å². The van der Waals surface area contributed by atoms with E-state index in [4.69, 9.17) is 5.73 Å². The third-order valence-electron chi connectivity index (χ3n) is 1.44. The predicted octanol–water partition coefficient (Wildman–Crippen LogP) is 0.674. The van der Waals surface area contributed by atoms with Crippen molar-refractivity contribution in [3.05, 3.63) is 12.2 Å². The van der Waals surface area contributed by atoms with Crippen LogP contribution in [0.4, 0.5) is 13.2 Å². The van der Waals surface area contributed by atoms with Crippen LogP contribution in [-0.4, -0.2) is 26.4 Å². The molecule has 2 N–H and O–H groups in total. The van der Waals surface area contributed by atoms with E-state index in [-0.39, 0.29) is 18.5 Å². The molecule has 0 amide bonds. The highest BCUT2D eigenvalue weighted by Crippen LogP contribution is 2.25. The van der Waals surface area contributed by atoms with Crippen LogP contribution < -0.4 is 5.73 Å². The van der Waals surface area contributed by atoms with E-state index >= 15 is 0 Å². The Hall–Kier alpha value is -1.09. The van der Waals surface area contributed by atoms with Gasteiger partial charge in [0.05, 0.1) is 0 Å². The van der Waals surface area contributed by atoms with Gasteiger partial charge in [0.25, 0.3) is 0 Å². The molecule has 0 atom stereocenters. The molecule has 0 aliphatic heterocycles. The average molecular weight is 261 g/mol. The second kappa shape index (κ2) is 5.30. The van der Waals surface area contributed by atoms with E-state index in [9.17, 15) is 26.4 Å². The van der Waals surface area contributed by atoms with Crippen molar-refractivity contribution in [3.63, 3.8) is 0 Å². The molecule has 9 heteroatoms. The summed E-state index contributed by atoms with van der Waals surface area (Å²) in [7, 11) is -5.91. The van der Waals surface area contributed by atoms with Gasteiger partial charge in [0.2, 0.25) is 0 Å². The van der Waals surface area contributed by atoms with Crippen molar-refractivity contribution in [3.8, 4) is 0 Å². The Morgan fingerprint density at radius 2 is 1.88 bits per heavy atom. The third kappa shape index (κ3) is 4.19. The predicted molar refractivity (Wildman–Crippen MR) is 48.5 cm³/mol. The summed E-state index contributed by atoms with van der Waals surface area (Å²) < 4.78 is 59.5. The minimum atomic E-state index is -5.91. The lowest BCUT2D eigenvalue weighted by Gasteiger charge is -2.08. The molecule has 0 aromatic heterocycles. The lowest BCUT2D eigenvalue weighted by atomic mass is 10.2. The number of halogens is 3. The minimum absolute atomic E-state index is 0.0251. The molecule has 0 saturated heterocycles. The molecule has 16 heavy (non-hydrogen) atoms. The van der Waals surface area contributed by atoms with Crippen molar-refractivity contribution in [2.75, 3.05) is 6.54 Å². The van der Waals surface area contributed by atoms with Crippen LogP contribution in [-0.2, 0) is 19.1 Å². The molecule has 94 valence electrons. The van der Waals surface area contributed by atoms with E-state index in [1.807, 2.05) is 0 Å². The molecule has 0 aliphatic rings. The Kier molecular flexibility index (Phi) is 4.94. The van der Waals surface area contributed by atoms with Gasteiger partial charge in [-0.3, -0.25) is 0 Å². The van der Waals surface area contributed by atoms with Crippen LogP contribution in [0.1, 0.15) is 12.8 Å². The first-order valence-corrected chi connectivity index (χ1v) is 5.45. The van der Waals surface area contributed by atoms with Gasteiger partial charge >= 0.3 is 21.6 Å². The fourth-order valence-corrected chi connectivity index (χ4v) is 1.03. The number of nitrogens with two attached hydrogens (primary N) is 1. The second-order valence-corrected chi connectivity index (χ2v) is 4.30. The van der Waals surface area contributed by atoms with Gasteiger partial charge in [-0.2, -0.15) is 21.6 Å². The summed E-state index contributed by atoms with van der Waals surface area (Å²) in [6, 6.07) is 0. The zero-order chi connectivity index (χ0) is 13.0. The Morgan fingerprint density at radius 3 is 2.25 bits per heavy atom. The summed E-state index contributed by atoms with van der Waals surface area (Å²) in [5.74, 6) is -1.62. The second-order valence-electron chi connectivity index (χ2n) is 2.77. The van der Waals surface area contributed by atoms with Gasteiger partial charge in [-0.25, -0.2) is 4.79 Å². The van der Waals surface area contributed by atoms with Gasteiger partial charge in [-0.05, 0) is 19.4 Å². The number of hydrogen-bond donors (Lipinski definition) is 1. The summed E-state index contributed by atoms with van der Waals surface area (Å²) >= 11 is 0. The van der Waals surface area contributed by atoms with Gasteiger partial charge < -0.3 is 9.92 Å². The van der Waals surface area contributed by atoms with Crippen LogP contribution in [0.2, 0.25) is 0 Å². The number of carbonyl (C=O) groups is 1. The summed E-state index contributed by atoms with van der Waals surface area (Å²) in [4.78, 5) is 10.9. The van der Waals surface area contributed by atoms with Crippen molar-refractivity contribution in [2.45, 2.75) is 18.3 Å². The zero-order valence-electron chi connectivity index (χ0n) is 8.08. The largest absolute Gasteiger partial charge is 0.534 e. The summed E-state index contributed by atoms with van der Waals surface area (Å²) in [5.41, 5.74) is -0.923. The maximum absolute atomic E-state index is 11.8. The van der Waals surface area contributed by atoms with Crippen molar-refractivity contribution in [2.24, 2.45) is 5.73 Å². The maximum Gasteiger partial charge on any atom is 0.534 e. The van der Waals surface area contributed by atoms with E-state index in [0.717, 1.165) is 0 Å². The molecule has 0 aromatic rings. The standard InChI is InChI=1S/C7H10F3NO4S/c1-5(3-2-4-11)6(12)15-16(13,14)7(8,9)10/h1-4,11H2. The first kappa shape index (κ1) is 14.9. The molecule has 0 aliphatic carbocycles. The molecule has 0 heterocycles. The fourth-order valence-electron chi connectivity index (χ4n) is 0.623. The first-order chi connectivity index (χ1) is 7.12. The number of hydrogen-bond acceptors (Lipinski definition) is 5. The minimum Gasteiger partial charge on any atom is -0.335 e. The Balaban J connectivity index is 4.53. The molecular formula is C7H10F3NO4S. The normalized spacial score (nSPS) is 12.2. The lowest BCUT2D eigenvalue weighted by Crippen LogP contribution is -2.28. The van der Waals surface area contributed by atoms with Crippen LogP contribution in [0.3, 0.4) is 0 Å². The topological polar surface area (TPSA) is 86.5 Å². The molecule has 0 radical (unpaired) electrons. The van der Waals surface area contributed by atoms with Crippen molar-refractivity contribution in [1.29, 1.82) is 0 Å². The Bertz CT molecular complexity index is 374. The van der Waals surface area contributed by atoms with E-state index in [1.165, 1.54) is 0 Å². The SMILES string of the molecule is C=C(CCCN)C(=O)OS(=O)(=O)C(F)(F)F. The highest BCUT2D eigenvalue weighted by atomic mass is 32.2. The fraction of sp³-hybridized carbons (Fsp3) is 0.571. The summed E-state index contributed by atoms with van der Waals surface area (Å²) in [5, 5.41) is 0. The van der Waals surface area contributed by atoms with Crippen LogP contribution >= 0.6 is 0 Å². The molecule has 0 spiro atoms. The first-order valence-electron chi connectivity index (χ1n) is 4.04. The molecule has 0 bridgehead atoms. The molecule has 0 fully saturated rings. The monoisotopic (exact) mass is 261 g/mol. The van der Waals surface area contributed by atoms with Gasteiger partial charge in [-0.15, -0.1) is 0 Å². The van der Waals surface area contributed by atoms with Gasteiger partial charge in [0.1, 0.15) is 0 Å². The van der Waals surface area contributed by atoms with Crippen LogP contribution in [0.25, 0.3) is 0 Å². The molecule has 0 saturated carbocycles. The number of rotatable bonds is 5. The van der Waals surface area contributed by atoms with Crippen molar-refractivity contribution >= 4 is 16.1 Å². The third-order valence-corrected chi connectivity index (χ3v) is 2.38. The molecule has 0 unspecified atom stereocenters. The Morgan fingerprint density at radius 1 is 1.38 bits per heavy atom. The van der Waals surface area contributed by atoms with Gasteiger partial charge in [-0.1, -0.05) is 6.58 Å². The van der Waals surface area contributed by atoms with Crippen molar-refractivity contribution in [1.82, 2.24) is 0 Å². The summed E-state index contributed by atoms with van der Waals surface area (Å²) in [6.07, 6.45) is 0.267. The molecule has 0 aromatic carbocycles. The van der Waals surface area contributed by atoms with E-state index in [0.29, 0.717) is 6.42 Å². The summed E-state index contributed by atoms with van der Waals surface area (Å²) in [6.45, 7) is 3.29. The van der Waals surface area contributed by atoms with Crippen LogP contribution in [0.5, 0.6) is 0 Å². The lowest BCUT2D eigenvalue weighted by molar-refractivity contribution is -0.132. The van der Waals surface area contributed by atoms with E-state index < -0.39 is 21.6 Å². The average Bonchev–Trinajstić information content (AvgIpc) is 2.11. The molecule has 5 nitrogen and oxygen atoms in total. The molecule has 0 rings (SSSR count). The molecular weight excluding hydrogens is 251 g/mol. The zero-order valence-corrected chi connectivity index (χ0v) is 8.90. The smallest absolute Gasteiger partial charge is 0.335 e. The Labute approximate surface area is 90.2 Å². The number of carbonyl (C=O) groups excluding carboxylic acids is 1. The highest BCUT2D eigenvalue weighted by molar-refractivity contribution is 7.88. The van der Waals surface area contributed by atoms with Crippen LogP contribution in [0, 0.1) is 0 Å². The van der Waals surface area contributed by atoms with Crippen LogP contribution in [0.15, 0.2) is 12.2 Å². The van der Waals surface area contributed by atoms with E-state index in [1.54, 1.807) is 0 Å². The number of alkyl halides is 3. The quantitative estimate of drug-likeness (QED) is 0.446. The maximum atomic E-state index is 11.8.